The first-order valence-corrected chi connectivity index (χ1v) is 8.87. The smallest absolute Gasteiger partial charge is 0.306 e. The molecule has 138 valence electrons. The highest BCUT2D eigenvalue weighted by molar-refractivity contribution is 6.01. The molecule has 1 fully saturated rings. The minimum absolute atomic E-state index is 0.0694. The molecule has 0 unspecified atom stereocenters. The summed E-state index contributed by atoms with van der Waals surface area (Å²) in [5, 5.41) is 20.9. The third kappa shape index (κ3) is 5.92. The van der Waals surface area contributed by atoms with E-state index in [1.54, 1.807) is 30.3 Å². The number of benzene rings is 1. The van der Waals surface area contributed by atoms with Gasteiger partial charge < -0.3 is 15.2 Å². The number of carboxylic acids is 1. The first-order valence-electron chi connectivity index (χ1n) is 8.87. The van der Waals surface area contributed by atoms with Crippen LogP contribution in [-0.4, -0.2) is 29.6 Å². The lowest BCUT2D eigenvalue weighted by Crippen LogP contribution is -2.41. The Balaban J connectivity index is 1.97. The third-order valence-corrected chi connectivity index (χ3v) is 4.57. The first-order chi connectivity index (χ1) is 12.5. The van der Waals surface area contributed by atoms with Crippen molar-refractivity contribution in [2.75, 3.05) is 6.61 Å². The van der Waals surface area contributed by atoms with E-state index in [9.17, 15) is 14.9 Å². The van der Waals surface area contributed by atoms with Gasteiger partial charge in [0.15, 0.2) is 0 Å². The number of carbonyl (C=O) groups is 2. The van der Waals surface area contributed by atoms with Crippen molar-refractivity contribution in [1.82, 2.24) is 5.32 Å². The van der Waals surface area contributed by atoms with Gasteiger partial charge in [-0.3, -0.25) is 9.59 Å². The van der Waals surface area contributed by atoms with E-state index in [-0.39, 0.29) is 30.5 Å². The summed E-state index contributed by atoms with van der Waals surface area (Å²) in [5.74, 6) is -0.285. The predicted octanol–water partition coefficient (Wildman–Crippen LogP) is 3.14. The molecule has 1 aromatic carbocycles. The Morgan fingerprint density at radius 2 is 2.00 bits per heavy atom. The van der Waals surface area contributed by atoms with Gasteiger partial charge in [-0.05, 0) is 42.5 Å². The highest BCUT2D eigenvalue weighted by Gasteiger charge is 2.23. The second kappa shape index (κ2) is 9.62. The number of hydrogen-bond acceptors (Lipinski definition) is 4. The largest absolute Gasteiger partial charge is 0.493 e. The molecule has 1 aromatic rings. The van der Waals surface area contributed by atoms with Gasteiger partial charge in [-0.25, -0.2) is 0 Å². The summed E-state index contributed by atoms with van der Waals surface area (Å²) in [6.45, 7) is 2.22. The zero-order chi connectivity index (χ0) is 18.9. The molecule has 0 heterocycles. The summed E-state index contributed by atoms with van der Waals surface area (Å²) in [4.78, 5) is 22.9. The minimum Gasteiger partial charge on any atom is -0.493 e. The quantitative estimate of drug-likeness (QED) is 0.577. The Labute approximate surface area is 153 Å². The number of nitriles is 1. The lowest BCUT2D eigenvalue weighted by Gasteiger charge is -2.29. The van der Waals surface area contributed by atoms with Crippen LogP contribution < -0.4 is 10.1 Å². The molecule has 0 aliphatic heterocycles. The van der Waals surface area contributed by atoms with E-state index in [0.29, 0.717) is 17.2 Å². The van der Waals surface area contributed by atoms with Crippen LogP contribution in [-0.2, 0) is 9.59 Å². The molecular weight excluding hydrogens is 332 g/mol. The molecule has 0 radical (unpaired) electrons. The van der Waals surface area contributed by atoms with Crippen molar-refractivity contribution in [3.63, 3.8) is 0 Å². The molecule has 1 saturated carbocycles. The highest BCUT2D eigenvalue weighted by atomic mass is 16.5. The number of carboxylic acid groups (broad SMARTS) is 1. The van der Waals surface area contributed by atoms with E-state index in [1.807, 2.05) is 6.07 Å². The standard InChI is InChI=1S/C20H24N2O4/c1-14-4-2-3-5-18(14)22-20(25)16(13-21)12-15-6-8-17(9-7-15)26-11-10-19(23)24/h6-9,12,14,18H,2-5,10-11H2,1H3,(H,22,25)(H,23,24)/b16-12+/t14-,18+/m1/s1. The second-order valence-corrected chi connectivity index (χ2v) is 6.57. The molecular formula is C20H24N2O4. The van der Waals surface area contributed by atoms with Crippen molar-refractivity contribution in [2.45, 2.75) is 45.1 Å². The van der Waals surface area contributed by atoms with Gasteiger partial charge in [0.25, 0.3) is 5.91 Å². The summed E-state index contributed by atoms with van der Waals surface area (Å²) in [5.41, 5.74) is 0.779. The minimum atomic E-state index is -0.915. The summed E-state index contributed by atoms with van der Waals surface area (Å²) in [6.07, 6.45) is 5.82. The Kier molecular flexibility index (Phi) is 7.22. The van der Waals surface area contributed by atoms with Gasteiger partial charge >= 0.3 is 5.97 Å². The Hall–Kier alpha value is -2.81. The van der Waals surface area contributed by atoms with Crippen molar-refractivity contribution in [1.29, 1.82) is 5.26 Å². The number of aliphatic carboxylic acids is 1. The zero-order valence-corrected chi connectivity index (χ0v) is 14.9. The zero-order valence-electron chi connectivity index (χ0n) is 14.9. The predicted molar refractivity (Wildman–Crippen MR) is 97.3 cm³/mol. The molecule has 26 heavy (non-hydrogen) atoms. The van der Waals surface area contributed by atoms with Crippen LogP contribution in [0.2, 0.25) is 0 Å². The number of carbonyl (C=O) groups excluding carboxylic acids is 1. The number of rotatable bonds is 7. The molecule has 1 aliphatic rings. The average molecular weight is 356 g/mol. The molecule has 1 amide bonds. The average Bonchev–Trinajstić information content (AvgIpc) is 2.62. The fourth-order valence-corrected chi connectivity index (χ4v) is 3.01. The number of nitrogens with one attached hydrogen (secondary N) is 1. The van der Waals surface area contributed by atoms with Crippen LogP contribution in [0.3, 0.4) is 0 Å². The van der Waals surface area contributed by atoms with Crippen LogP contribution in [0.5, 0.6) is 5.75 Å². The van der Waals surface area contributed by atoms with Crippen molar-refractivity contribution in [3.05, 3.63) is 35.4 Å². The van der Waals surface area contributed by atoms with E-state index < -0.39 is 5.97 Å². The fourth-order valence-electron chi connectivity index (χ4n) is 3.01. The second-order valence-electron chi connectivity index (χ2n) is 6.57. The van der Waals surface area contributed by atoms with E-state index in [2.05, 4.69) is 12.2 Å². The van der Waals surface area contributed by atoms with Crippen molar-refractivity contribution in [3.8, 4) is 11.8 Å². The number of hydrogen-bond donors (Lipinski definition) is 2. The van der Waals surface area contributed by atoms with Crippen LogP contribution >= 0.6 is 0 Å². The number of amides is 1. The SMILES string of the molecule is C[C@@H]1CCCC[C@@H]1NC(=O)/C(C#N)=C/c1ccc(OCCC(=O)O)cc1. The first kappa shape index (κ1) is 19.5. The van der Waals surface area contributed by atoms with Gasteiger partial charge in [-0.2, -0.15) is 5.26 Å². The Morgan fingerprint density at radius 1 is 1.31 bits per heavy atom. The molecule has 1 aliphatic carbocycles. The normalized spacial score (nSPS) is 20.1. The maximum atomic E-state index is 12.4. The maximum Gasteiger partial charge on any atom is 0.306 e. The van der Waals surface area contributed by atoms with Crippen molar-refractivity contribution in [2.24, 2.45) is 5.92 Å². The Bertz CT molecular complexity index is 704. The van der Waals surface area contributed by atoms with Gasteiger partial charge in [-0.15, -0.1) is 0 Å². The summed E-state index contributed by atoms with van der Waals surface area (Å²) in [6, 6.07) is 8.91. The van der Waals surface area contributed by atoms with Crippen molar-refractivity contribution >= 4 is 18.0 Å². The molecule has 6 nitrogen and oxygen atoms in total. The molecule has 0 bridgehead atoms. The van der Waals surface area contributed by atoms with Gasteiger partial charge in [-0.1, -0.05) is 31.9 Å². The van der Waals surface area contributed by atoms with Gasteiger partial charge in [0.1, 0.15) is 17.4 Å². The van der Waals surface area contributed by atoms with Crippen LogP contribution in [0.1, 0.15) is 44.6 Å². The highest BCUT2D eigenvalue weighted by Crippen LogP contribution is 2.24. The fraction of sp³-hybridized carbons (Fsp3) is 0.450. The summed E-state index contributed by atoms with van der Waals surface area (Å²) in [7, 11) is 0. The molecule has 2 atom stereocenters. The van der Waals surface area contributed by atoms with Gasteiger partial charge in [0, 0.05) is 6.04 Å². The van der Waals surface area contributed by atoms with Gasteiger partial charge in [0.2, 0.25) is 0 Å². The molecule has 0 saturated heterocycles. The molecule has 0 spiro atoms. The molecule has 2 N–H and O–H groups in total. The van der Waals surface area contributed by atoms with Crippen LogP contribution in [0.4, 0.5) is 0 Å². The maximum absolute atomic E-state index is 12.4. The van der Waals surface area contributed by atoms with Crippen LogP contribution in [0.25, 0.3) is 6.08 Å². The number of nitrogens with zero attached hydrogens (tertiary/aromatic N) is 1. The summed E-state index contributed by atoms with van der Waals surface area (Å²) < 4.78 is 5.32. The van der Waals surface area contributed by atoms with E-state index >= 15 is 0 Å². The van der Waals surface area contributed by atoms with Crippen LogP contribution in [0, 0.1) is 17.2 Å². The third-order valence-electron chi connectivity index (χ3n) is 4.57. The van der Waals surface area contributed by atoms with Crippen molar-refractivity contribution < 1.29 is 19.4 Å². The van der Waals surface area contributed by atoms with E-state index in [1.165, 1.54) is 6.42 Å². The summed E-state index contributed by atoms with van der Waals surface area (Å²) >= 11 is 0. The Morgan fingerprint density at radius 3 is 2.62 bits per heavy atom. The molecule has 0 aromatic heterocycles. The van der Waals surface area contributed by atoms with Crippen LogP contribution in [0.15, 0.2) is 29.8 Å². The lowest BCUT2D eigenvalue weighted by molar-refractivity contribution is -0.137. The molecule has 2 rings (SSSR count). The number of ether oxygens (including phenoxy) is 1. The van der Waals surface area contributed by atoms with E-state index in [4.69, 9.17) is 9.84 Å². The van der Waals surface area contributed by atoms with Gasteiger partial charge in [0.05, 0.1) is 13.0 Å². The lowest BCUT2D eigenvalue weighted by atomic mass is 9.86. The molecule has 6 heteroatoms. The monoisotopic (exact) mass is 356 g/mol. The van der Waals surface area contributed by atoms with E-state index in [0.717, 1.165) is 19.3 Å². The topological polar surface area (TPSA) is 99.4 Å².